The Labute approximate surface area is 106 Å². The second-order valence-electron chi connectivity index (χ2n) is 4.42. The van der Waals surface area contributed by atoms with Gasteiger partial charge in [-0.25, -0.2) is 4.39 Å². The average molecular weight is 252 g/mol. The monoisotopic (exact) mass is 252 g/mol. The molecule has 0 aromatic heterocycles. The number of amides is 1. The van der Waals surface area contributed by atoms with Crippen molar-refractivity contribution in [3.8, 4) is 5.75 Å². The minimum Gasteiger partial charge on any atom is -0.493 e. The number of para-hydroxylation sites is 1. The van der Waals surface area contributed by atoms with Crippen molar-refractivity contribution in [2.24, 2.45) is 0 Å². The topological polar surface area (TPSA) is 32.8 Å². The molecule has 0 bridgehead atoms. The van der Waals surface area contributed by atoms with Crippen molar-refractivity contribution >= 4 is 5.91 Å². The van der Waals surface area contributed by atoms with Gasteiger partial charge in [-0.3, -0.25) is 4.79 Å². The second-order valence-corrected chi connectivity index (χ2v) is 4.42. The van der Waals surface area contributed by atoms with E-state index in [1.165, 1.54) is 19.2 Å². The van der Waals surface area contributed by atoms with E-state index in [0.717, 1.165) is 13.1 Å². The SMILES string of the molecule is COc1c(F)cccc1C(=O)N1CCN(C)CC1. The first kappa shape index (κ1) is 12.8. The van der Waals surface area contributed by atoms with Gasteiger partial charge in [-0.05, 0) is 19.2 Å². The van der Waals surface area contributed by atoms with Crippen LogP contribution >= 0.6 is 0 Å². The molecule has 0 atom stereocenters. The van der Waals surface area contributed by atoms with Crippen molar-refractivity contribution in [1.29, 1.82) is 0 Å². The molecule has 1 aliphatic rings. The number of nitrogens with zero attached hydrogens (tertiary/aromatic N) is 2. The van der Waals surface area contributed by atoms with Crippen LogP contribution in [0.4, 0.5) is 4.39 Å². The highest BCUT2D eigenvalue weighted by Crippen LogP contribution is 2.23. The number of halogens is 1. The van der Waals surface area contributed by atoms with E-state index in [0.29, 0.717) is 18.7 Å². The van der Waals surface area contributed by atoms with Crippen LogP contribution < -0.4 is 4.74 Å². The molecule has 1 aliphatic heterocycles. The number of piperazine rings is 1. The molecule has 1 heterocycles. The fourth-order valence-corrected chi connectivity index (χ4v) is 2.06. The van der Waals surface area contributed by atoms with Crippen LogP contribution in [0.2, 0.25) is 0 Å². The third-order valence-corrected chi connectivity index (χ3v) is 3.19. The van der Waals surface area contributed by atoms with Crippen molar-refractivity contribution < 1.29 is 13.9 Å². The molecule has 1 fully saturated rings. The highest BCUT2D eigenvalue weighted by Gasteiger charge is 2.24. The fraction of sp³-hybridized carbons (Fsp3) is 0.462. The summed E-state index contributed by atoms with van der Waals surface area (Å²) in [5.74, 6) is -0.640. The number of benzene rings is 1. The quantitative estimate of drug-likeness (QED) is 0.793. The summed E-state index contributed by atoms with van der Waals surface area (Å²) in [5.41, 5.74) is 0.294. The Morgan fingerprint density at radius 1 is 1.28 bits per heavy atom. The number of carbonyl (C=O) groups is 1. The number of rotatable bonds is 2. The molecule has 0 spiro atoms. The van der Waals surface area contributed by atoms with Crippen LogP contribution in [0.5, 0.6) is 5.75 Å². The van der Waals surface area contributed by atoms with Crippen LogP contribution in [-0.2, 0) is 0 Å². The minimum absolute atomic E-state index is 0.0291. The minimum atomic E-state index is -0.502. The number of likely N-dealkylation sites (N-methyl/N-ethyl adjacent to an activating group) is 1. The molecule has 1 aromatic carbocycles. The number of methoxy groups -OCH3 is 1. The Morgan fingerprint density at radius 2 is 1.94 bits per heavy atom. The summed E-state index contributed by atoms with van der Waals surface area (Å²) in [5, 5.41) is 0. The molecule has 0 radical (unpaired) electrons. The summed E-state index contributed by atoms with van der Waals surface area (Å²) >= 11 is 0. The summed E-state index contributed by atoms with van der Waals surface area (Å²) in [4.78, 5) is 16.2. The molecule has 1 aromatic rings. The maximum absolute atomic E-state index is 13.5. The van der Waals surface area contributed by atoms with Gasteiger partial charge >= 0.3 is 0 Å². The molecule has 5 heteroatoms. The molecular weight excluding hydrogens is 235 g/mol. The van der Waals surface area contributed by atoms with E-state index in [9.17, 15) is 9.18 Å². The zero-order valence-electron chi connectivity index (χ0n) is 10.6. The predicted molar refractivity (Wildman–Crippen MR) is 66.4 cm³/mol. The van der Waals surface area contributed by atoms with Gasteiger partial charge in [0.25, 0.3) is 5.91 Å². The average Bonchev–Trinajstić information content (AvgIpc) is 2.38. The second kappa shape index (κ2) is 5.35. The van der Waals surface area contributed by atoms with Crippen molar-refractivity contribution in [3.05, 3.63) is 29.6 Å². The predicted octanol–water partition coefficient (Wildman–Crippen LogP) is 1.22. The first-order valence-electron chi connectivity index (χ1n) is 5.94. The van der Waals surface area contributed by atoms with Gasteiger partial charge in [-0.2, -0.15) is 0 Å². The highest BCUT2D eigenvalue weighted by atomic mass is 19.1. The Bertz CT molecular complexity index is 443. The van der Waals surface area contributed by atoms with Gasteiger partial charge in [0, 0.05) is 26.2 Å². The number of carbonyl (C=O) groups excluding carboxylic acids is 1. The van der Waals surface area contributed by atoms with Gasteiger partial charge in [0.15, 0.2) is 11.6 Å². The normalized spacial score (nSPS) is 16.7. The summed E-state index contributed by atoms with van der Waals surface area (Å²) in [7, 11) is 3.39. The lowest BCUT2D eigenvalue weighted by Crippen LogP contribution is -2.47. The van der Waals surface area contributed by atoms with Crippen LogP contribution in [0.25, 0.3) is 0 Å². The fourth-order valence-electron chi connectivity index (χ4n) is 2.06. The van der Waals surface area contributed by atoms with E-state index in [1.54, 1.807) is 11.0 Å². The lowest BCUT2D eigenvalue weighted by Gasteiger charge is -2.32. The van der Waals surface area contributed by atoms with Gasteiger partial charge in [0.05, 0.1) is 12.7 Å². The van der Waals surface area contributed by atoms with Crippen molar-refractivity contribution in [2.75, 3.05) is 40.3 Å². The van der Waals surface area contributed by atoms with Crippen molar-refractivity contribution in [2.45, 2.75) is 0 Å². The van der Waals surface area contributed by atoms with Crippen LogP contribution in [-0.4, -0.2) is 56.0 Å². The van der Waals surface area contributed by atoms with Gasteiger partial charge in [0.2, 0.25) is 0 Å². The van der Waals surface area contributed by atoms with E-state index < -0.39 is 5.82 Å². The molecule has 18 heavy (non-hydrogen) atoms. The lowest BCUT2D eigenvalue weighted by atomic mass is 10.1. The molecule has 98 valence electrons. The molecule has 0 saturated carbocycles. The Morgan fingerprint density at radius 3 is 2.56 bits per heavy atom. The van der Waals surface area contributed by atoms with Gasteiger partial charge in [-0.15, -0.1) is 0 Å². The largest absolute Gasteiger partial charge is 0.493 e. The van der Waals surface area contributed by atoms with Gasteiger partial charge in [0.1, 0.15) is 0 Å². The summed E-state index contributed by atoms with van der Waals surface area (Å²) < 4.78 is 18.5. The highest BCUT2D eigenvalue weighted by molar-refractivity contribution is 5.97. The van der Waals surface area contributed by atoms with E-state index >= 15 is 0 Å². The van der Waals surface area contributed by atoms with E-state index in [-0.39, 0.29) is 11.7 Å². The third kappa shape index (κ3) is 2.46. The Hall–Kier alpha value is -1.62. The van der Waals surface area contributed by atoms with Crippen molar-refractivity contribution in [1.82, 2.24) is 9.80 Å². The van der Waals surface area contributed by atoms with Crippen LogP contribution in [0, 0.1) is 5.82 Å². The van der Waals surface area contributed by atoms with Crippen LogP contribution in [0.15, 0.2) is 18.2 Å². The lowest BCUT2D eigenvalue weighted by molar-refractivity contribution is 0.0660. The molecule has 1 saturated heterocycles. The first-order valence-corrected chi connectivity index (χ1v) is 5.94. The zero-order chi connectivity index (χ0) is 13.1. The van der Waals surface area contributed by atoms with Crippen LogP contribution in [0.1, 0.15) is 10.4 Å². The first-order chi connectivity index (χ1) is 8.63. The molecule has 1 amide bonds. The maximum atomic E-state index is 13.5. The number of hydrogen-bond donors (Lipinski definition) is 0. The van der Waals surface area contributed by atoms with E-state index in [1.807, 2.05) is 7.05 Å². The standard InChI is InChI=1S/C13H17FN2O2/c1-15-6-8-16(9-7-15)13(17)10-4-3-5-11(14)12(10)18-2/h3-5H,6-9H2,1-2H3. The van der Waals surface area contributed by atoms with Gasteiger partial charge in [-0.1, -0.05) is 6.07 Å². The Balaban J connectivity index is 2.21. The molecule has 0 unspecified atom stereocenters. The molecule has 2 rings (SSSR count). The molecule has 4 nitrogen and oxygen atoms in total. The number of ether oxygens (including phenoxy) is 1. The maximum Gasteiger partial charge on any atom is 0.257 e. The van der Waals surface area contributed by atoms with Crippen LogP contribution in [0.3, 0.4) is 0 Å². The Kier molecular flexibility index (Phi) is 3.81. The smallest absolute Gasteiger partial charge is 0.257 e. The van der Waals surface area contributed by atoms with Gasteiger partial charge < -0.3 is 14.5 Å². The third-order valence-electron chi connectivity index (χ3n) is 3.19. The van der Waals surface area contributed by atoms with E-state index in [4.69, 9.17) is 4.74 Å². The van der Waals surface area contributed by atoms with E-state index in [2.05, 4.69) is 4.90 Å². The summed E-state index contributed by atoms with van der Waals surface area (Å²) in [6.07, 6.45) is 0. The number of hydrogen-bond acceptors (Lipinski definition) is 3. The molecular formula is C13H17FN2O2. The zero-order valence-corrected chi connectivity index (χ0v) is 10.6. The summed E-state index contributed by atoms with van der Waals surface area (Å²) in [6, 6.07) is 4.42. The molecule has 0 N–H and O–H groups in total. The summed E-state index contributed by atoms with van der Waals surface area (Å²) in [6.45, 7) is 3.00. The molecule has 0 aliphatic carbocycles. The van der Waals surface area contributed by atoms with Crippen molar-refractivity contribution in [3.63, 3.8) is 0 Å².